The van der Waals surface area contributed by atoms with Gasteiger partial charge in [0.1, 0.15) is 0 Å². The second-order valence-corrected chi connectivity index (χ2v) is 7.37. The molecule has 2 heterocycles. The lowest BCUT2D eigenvalue weighted by molar-refractivity contribution is -0.131. The molecule has 4 heteroatoms. The van der Waals surface area contributed by atoms with Gasteiger partial charge in [-0.3, -0.25) is 4.79 Å². The number of hydrogen-bond donors (Lipinski definition) is 0. The molecule has 1 aromatic heterocycles. The molecule has 0 aliphatic carbocycles. The fourth-order valence-electron chi connectivity index (χ4n) is 2.08. The van der Waals surface area contributed by atoms with E-state index < -0.39 is 0 Å². The van der Waals surface area contributed by atoms with Crippen molar-refractivity contribution in [1.29, 1.82) is 0 Å². The van der Waals surface area contributed by atoms with Crippen LogP contribution in [0.1, 0.15) is 38.0 Å². The Kier molecular flexibility index (Phi) is 3.93. The van der Waals surface area contributed by atoms with Crippen molar-refractivity contribution in [1.82, 2.24) is 4.90 Å². The topological polar surface area (TPSA) is 20.3 Å². The predicted octanol–water partition coefficient (Wildman–Crippen LogP) is 4.05. The van der Waals surface area contributed by atoms with E-state index in [1.54, 1.807) is 11.3 Å². The summed E-state index contributed by atoms with van der Waals surface area (Å²) in [4.78, 5) is 15.3. The van der Waals surface area contributed by atoms with Gasteiger partial charge < -0.3 is 4.90 Å². The molecule has 0 N–H and O–H groups in total. The number of carbonyl (C=O) groups excluding carboxylic acids is 1. The van der Waals surface area contributed by atoms with Crippen LogP contribution in [0.4, 0.5) is 0 Å². The quantitative estimate of drug-likeness (QED) is 0.806. The summed E-state index contributed by atoms with van der Waals surface area (Å²) in [6, 6.07) is 2.11. The molecular weight excluding hydrogens is 298 g/mol. The van der Waals surface area contributed by atoms with Gasteiger partial charge in [-0.2, -0.15) is 0 Å². The minimum atomic E-state index is 0.306. The van der Waals surface area contributed by atoms with Gasteiger partial charge in [-0.05, 0) is 40.3 Å². The second kappa shape index (κ2) is 5.11. The number of nitrogens with zero attached hydrogens (tertiary/aromatic N) is 1. The lowest BCUT2D eigenvalue weighted by atomic mass is 9.85. The van der Waals surface area contributed by atoms with Gasteiger partial charge in [-0.15, -0.1) is 11.3 Å². The van der Waals surface area contributed by atoms with Gasteiger partial charge in [0.15, 0.2) is 0 Å². The largest absolute Gasteiger partial charge is 0.338 e. The summed E-state index contributed by atoms with van der Waals surface area (Å²) in [5.41, 5.74) is 0.306. The van der Waals surface area contributed by atoms with Crippen molar-refractivity contribution < 1.29 is 4.79 Å². The Bertz CT molecular complexity index is 413. The molecule has 1 fully saturated rings. The molecule has 1 aliphatic heterocycles. The lowest BCUT2D eigenvalue weighted by Crippen LogP contribution is -2.29. The zero-order valence-electron chi connectivity index (χ0n) is 10.3. The summed E-state index contributed by atoms with van der Waals surface area (Å²) >= 11 is 5.16. The van der Waals surface area contributed by atoms with E-state index in [-0.39, 0.29) is 0 Å². The van der Waals surface area contributed by atoms with Crippen molar-refractivity contribution in [2.45, 2.75) is 39.7 Å². The molecular formula is C13H18BrNOS. The third kappa shape index (κ3) is 3.55. The van der Waals surface area contributed by atoms with Gasteiger partial charge in [0.25, 0.3) is 0 Å². The van der Waals surface area contributed by atoms with E-state index in [9.17, 15) is 4.79 Å². The maximum absolute atomic E-state index is 12.0. The minimum absolute atomic E-state index is 0.306. The Balaban J connectivity index is 2.03. The van der Waals surface area contributed by atoms with Crippen molar-refractivity contribution in [3.8, 4) is 0 Å². The molecule has 0 atom stereocenters. The van der Waals surface area contributed by atoms with E-state index in [4.69, 9.17) is 0 Å². The molecule has 1 aromatic rings. The first kappa shape index (κ1) is 13.1. The predicted molar refractivity (Wildman–Crippen MR) is 75.1 cm³/mol. The summed E-state index contributed by atoms with van der Waals surface area (Å²) < 4.78 is 1.11. The van der Waals surface area contributed by atoms with E-state index in [1.807, 2.05) is 4.90 Å². The Morgan fingerprint density at radius 2 is 2.24 bits per heavy atom. The van der Waals surface area contributed by atoms with Gasteiger partial charge in [0.05, 0.1) is 6.54 Å². The SMILES string of the molecule is CC1(C)CCC(=O)N(Cc2cc(Br)cs2)CC1. The molecule has 1 amide bonds. The highest BCUT2D eigenvalue weighted by atomic mass is 79.9. The van der Waals surface area contributed by atoms with Crippen LogP contribution in [0.3, 0.4) is 0 Å². The molecule has 1 saturated heterocycles. The van der Waals surface area contributed by atoms with Crippen molar-refractivity contribution in [3.63, 3.8) is 0 Å². The third-order valence-corrected chi connectivity index (χ3v) is 5.08. The molecule has 0 unspecified atom stereocenters. The second-order valence-electron chi connectivity index (χ2n) is 5.46. The number of amides is 1. The van der Waals surface area contributed by atoms with Crippen LogP contribution in [0.2, 0.25) is 0 Å². The average Bonchev–Trinajstić information content (AvgIpc) is 2.61. The number of likely N-dealkylation sites (tertiary alicyclic amines) is 1. The molecule has 17 heavy (non-hydrogen) atoms. The fourth-order valence-corrected chi connectivity index (χ4v) is 3.55. The van der Waals surface area contributed by atoms with Gasteiger partial charge in [-0.25, -0.2) is 0 Å². The van der Waals surface area contributed by atoms with Gasteiger partial charge in [0, 0.05) is 27.7 Å². The number of hydrogen-bond acceptors (Lipinski definition) is 2. The van der Waals surface area contributed by atoms with Gasteiger partial charge in [0.2, 0.25) is 5.91 Å². The molecule has 0 aromatic carbocycles. The van der Waals surface area contributed by atoms with Crippen LogP contribution in [0.25, 0.3) is 0 Å². The van der Waals surface area contributed by atoms with E-state index in [2.05, 4.69) is 41.2 Å². The Labute approximate surface area is 115 Å². The molecule has 0 bridgehead atoms. The Morgan fingerprint density at radius 1 is 1.47 bits per heavy atom. The highest BCUT2D eigenvalue weighted by Gasteiger charge is 2.27. The molecule has 2 nitrogen and oxygen atoms in total. The van der Waals surface area contributed by atoms with E-state index in [0.29, 0.717) is 17.7 Å². The first-order valence-corrected chi connectivity index (χ1v) is 7.64. The number of halogens is 1. The summed E-state index contributed by atoms with van der Waals surface area (Å²) in [7, 11) is 0. The highest BCUT2D eigenvalue weighted by molar-refractivity contribution is 9.10. The standard InChI is InChI=1S/C13H18BrNOS/c1-13(2)4-3-12(16)15(6-5-13)8-11-7-10(14)9-17-11/h7,9H,3-6,8H2,1-2H3. The van der Waals surface area contributed by atoms with Crippen molar-refractivity contribution in [2.75, 3.05) is 6.54 Å². The first-order chi connectivity index (χ1) is 7.96. The van der Waals surface area contributed by atoms with Crippen molar-refractivity contribution in [3.05, 3.63) is 20.8 Å². The molecule has 2 rings (SSSR count). The molecule has 0 saturated carbocycles. The third-order valence-electron chi connectivity index (χ3n) is 3.40. The van der Waals surface area contributed by atoms with Crippen LogP contribution in [-0.2, 0) is 11.3 Å². The normalized spacial score (nSPS) is 20.4. The Morgan fingerprint density at radius 3 is 2.88 bits per heavy atom. The first-order valence-electron chi connectivity index (χ1n) is 5.97. The monoisotopic (exact) mass is 315 g/mol. The fraction of sp³-hybridized carbons (Fsp3) is 0.615. The smallest absolute Gasteiger partial charge is 0.222 e. The molecule has 1 aliphatic rings. The highest BCUT2D eigenvalue weighted by Crippen LogP contribution is 2.31. The maximum atomic E-state index is 12.0. The van der Waals surface area contributed by atoms with Crippen molar-refractivity contribution >= 4 is 33.2 Å². The number of rotatable bonds is 2. The van der Waals surface area contributed by atoms with Crippen LogP contribution in [0.5, 0.6) is 0 Å². The number of thiophene rings is 1. The van der Waals surface area contributed by atoms with Gasteiger partial charge >= 0.3 is 0 Å². The minimum Gasteiger partial charge on any atom is -0.338 e. The summed E-state index contributed by atoms with van der Waals surface area (Å²) in [5.74, 6) is 0.306. The van der Waals surface area contributed by atoms with Gasteiger partial charge in [-0.1, -0.05) is 13.8 Å². The summed E-state index contributed by atoms with van der Waals surface area (Å²) in [6.07, 6.45) is 2.81. The average molecular weight is 316 g/mol. The van der Waals surface area contributed by atoms with E-state index in [0.717, 1.165) is 30.4 Å². The van der Waals surface area contributed by atoms with Crippen LogP contribution >= 0.6 is 27.3 Å². The van der Waals surface area contributed by atoms with Crippen molar-refractivity contribution in [2.24, 2.45) is 5.41 Å². The van der Waals surface area contributed by atoms with E-state index >= 15 is 0 Å². The Hall–Kier alpha value is -0.350. The van der Waals surface area contributed by atoms with Crippen LogP contribution in [0.15, 0.2) is 15.9 Å². The molecule has 94 valence electrons. The zero-order valence-corrected chi connectivity index (χ0v) is 12.7. The summed E-state index contributed by atoms with van der Waals surface area (Å²) in [6.45, 7) is 6.17. The van der Waals surface area contributed by atoms with Crippen LogP contribution in [0, 0.1) is 5.41 Å². The van der Waals surface area contributed by atoms with E-state index in [1.165, 1.54) is 4.88 Å². The summed E-state index contributed by atoms with van der Waals surface area (Å²) in [5, 5.41) is 2.07. The maximum Gasteiger partial charge on any atom is 0.222 e. The number of carbonyl (C=O) groups is 1. The zero-order chi connectivity index (χ0) is 12.5. The van der Waals surface area contributed by atoms with Crippen LogP contribution in [-0.4, -0.2) is 17.4 Å². The van der Waals surface area contributed by atoms with Crippen LogP contribution < -0.4 is 0 Å². The lowest BCUT2D eigenvalue weighted by Gasteiger charge is -2.23. The molecule has 0 radical (unpaired) electrons. The molecule has 0 spiro atoms.